The minimum atomic E-state index is 0. The number of anilines is 1. The van der Waals surface area contributed by atoms with E-state index < -0.39 is 0 Å². The van der Waals surface area contributed by atoms with Crippen molar-refractivity contribution in [2.24, 2.45) is 10.7 Å². The molecule has 2 aromatic rings. The van der Waals surface area contributed by atoms with Crippen molar-refractivity contribution < 1.29 is 0 Å². The smallest absolute Gasteiger partial charge is 0.191 e. The Labute approximate surface area is 186 Å². The second-order valence-electron chi connectivity index (χ2n) is 7.10. The lowest BCUT2D eigenvalue weighted by Crippen LogP contribution is -2.51. The molecule has 2 N–H and O–H groups in total. The van der Waals surface area contributed by atoms with Crippen LogP contribution < -0.4 is 10.6 Å². The van der Waals surface area contributed by atoms with Crippen LogP contribution in [0.3, 0.4) is 0 Å². The van der Waals surface area contributed by atoms with Gasteiger partial charge in [0.2, 0.25) is 0 Å². The number of halogens is 2. The van der Waals surface area contributed by atoms with Gasteiger partial charge < -0.3 is 15.5 Å². The average molecular weight is 518 g/mol. The quantitative estimate of drug-likeness (QED) is 0.379. The molecule has 0 atom stereocenters. The molecule has 2 heterocycles. The largest absolute Gasteiger partial charge is 0.370 e. The summed E-state index contributed by atoms with van der Waals surface area (Å²) in [6.45, 7) is 4.41. The lowest BCUT2D eigenvalue weighted by molar-refractivity contribution is 0.252. The Balaban J connectivity index is 0.00000210. The normalized spacial score (nSPS) is 19.4. The van der Waals surface area contributed by atoms with E-state index in [1.807, 2.05) is 23.7 Å². The maximum absolute atomic E-state index is 6.32. The predicted octanol–water partition coefficient (Wildman–Crippen LogP) is 3.97. The van der Waals surface area contributed by atoms with Crippen molar-refractivity contribution in [3.63, 3.8) is 0 Å². The van der Waals surface area contributed by atoms with Crippen molar-refractivity contribution in [3.8, 4) is 0 Å². The number of piperazine rings is 1. The van der Waals surface area contributed by atoms with E-state index in [4.69, 9.17) is 22.3 Å². The van der Waals surface area contributed by atoms with Crippen LogP contribution in [0.1, 0.15) is 24.8 Å². The van der Waals surface area contributed by atoms with E-state index in [0.717, 1.165) is 42.9 Å². The van der Waals surface area contributed by atoms with Crippen LogP contribution in [-0.2, 0) is 5.41 Å². The maximum Gasteiger partial charge on any atom is 0.191 e. The van der Waals surface area contributed by atoms with E-state index >= 15 is 0 Å². The first-order valence-electron chi connectivity index (χ1n) is 9.12. The fourth-order valence-corrected chi connectivity index (χ4v) is 4.60. The summed E-state index contributed by atoms with van der Waals surface area (Å²) in [7, 11) is 0. The highest BCUT2D eigenvalue weighted by molar-refractivity contribution is 14.0. The van der Waals surface area contributed by atoms with Gasteiger partial charge in [-0.3, -0.25) is 4.99 Å². The molecule has 1 aromatic carbocycles. The molecule has 0 unspecified atom stereocenters. The van der Waals surface area contributed by atoms with E-state index in [1.54, 1.807) is 11.3 Å². The minimum absolute atomic E-state index is 0. The van der Waals surface area contributed by atoms with Crippen molar-refractivity contribution in [2.75, 3.05) is 37.6 Å². The van der Waals surface area contributed by atoms with Crippen molar-refractivity contribution in [1.82, 2.24) is 9.88 Å². The van der Waals surface area contributed by atoms with E-state index in [9.17, 15) is 0 Å². The summed E-state index contributed by atoms with van der Waals surface area (Å²) in [5, 5.41) is 3.90. The Morgan fingerprint density at radius 2 is 1.89 bits per heavy atom. The fraction of sp³-hybridized carbons (Fsp3) is 0.474. The summed E-state index contributed by atoms with van der Waals surface area (Å²) in [6, 6.07) is 8.23. The Hall–Kier alpha value is -1.06. The minimum Gasteiger partial charge on any atom is -0.370 e. The molecule has 0 radical (unpaired) electrons. The molecule has 2 aliphatic rings. The molecular weight excluding hydrogens is 493 g/mol. The molecule has 1 saturated heterocycles. The zero-order valence-electron chi connectivity index (χ0n) is 15.2. The van der Waals surface area contributed by atoms with Crippen LogP contribution in [0.5, 0.6) is 0 Å². The van der Waals surface area contributed by atoms with E-state index in [2.05, 4.69) is 26.9 Å². The summed E-state index contributed by atoms with van der Waals surface area (Å²) < 4.78 is 0. The van der Waals surface area contributed by atoms with E-state index in [-0.39, 0.29) is 29.4 Å². The fourth-order valence-electron chi connectivity index (χ4n) is 3.78. The van der Waals surface area contributed by atoms with Crippen LogP contribution in [0, 0.1) is 0 Å². The maximum atomic E-state index is 6.32. The number of nitrogens with zero attached hydrogens (tertiary/aromatic N) is 4. The highest BCUT2D eigenvalue weighted by atomic mass is 127. The first-order chi connectivity index (χ1) is 12.7. The number of benzene rings is 1. The second-order valence-corrected chi connectivity index (χ2v) is 8.41. The number of nitrogens with two attached hydrogens (primary N) is 1. The van der Waals surface area contributed by atoms with Gasteiger partial charge in [-0.15, -0.1) is 35.3 Å². The number of aromatic nitrogens is 1. The van der Waals surface area contributed by atoms with Crippen molar-refractivity contribution in [1.29, 1.82) is 0 Å². The Bertz CT molecular complexity index is 753. The summed E-state index contributed by atoms with van der Waals surface area (Å²) in [4.78, 5) is 13.7. The molecule has 27 heavy (non-hydrogen) atoms. The number of guanidine groups is 1. The number of aliphatic imine (C=N–C) groups is 1. The third-order valence-corrected chi connectivity index (χ3v) is 6.69. The molecule has 146 valence electrons. The van der Waals surface area contributed by atoms with Gasteiger partial charge in [-0.2, -0.15) is 0 Å². The summed E-state index contributed by atoms with van der Waals surface area (Å²) in [6.07, 6.45) is 5.45. The molecule has 2 fully saturated rings. The van der Waals surface area contributed by atoms with Gasteiger partial charge in [0.1, 0.15) is 0 Å². The van der Waals surface area contributed by atoms with E-state index in [0.29, 0.717) is 5.96 Å². The van der Waals surface area contributed by atoms with Crippen LogP contribution in [0.25, 0.3) is 0 Å². The zero-order chi connectivity index (χ0) is 18.0. The highest BCUT2D eigenvalue weighted by Gasteiger charge is 2.38. The van der Waals surface area contributed by atoms with Crippen molar-refractivity contribution >= 4 is 58.0 Å². The first-order valence-corrected chi connectivity index (χ1v) is 10.4. The molecule has 0 amide bonds. The summed E-state index contributed by atoms with van der Waals surface area (Å²) in [5.41, 5.74) is 7.79. The second kappa shape index (κ2) is 8.96. The van der Waals surface area contributed by atoms with Gasteiger partial charge in [0, 0.05) is 48.2 Å². The molecular formula is C19H25ClIN5S. The summed E-state index contributed by atoms with van der Waals surface area (Å²) in [5.74, 6) is 0.670. The Kier molecular flexibility index (Phi) is 6.86. The molecule has 1 aliphatic carbocycles. The SMILES string of the molecule is I.NC(=NCC1(c2ccc(Cl)cc2)CCC1)N1CCN(c2nccs2)CC1. The van der Waals surface area contributed by atoms with Gasteiger partial charge in [0.05, 0.1) is 6.54 Å². The van der Waals surface area contributed by atoms with Crippen LogP contribution in [0.4, 0.5) is 5.13 Å². The predicted molar refractivity (Wildman–Crippen MR) is 125 cm³/mol. The first kappa shape index (κ1) is 20.7. The van der Waals surface area contributed by atoms with Gasteiger partial charge in [0.25, 0.3) is 0 Å². The molecule has 0 spiro atoms. The van der Waals surface area contributed by atoms with E-state index in [1.165, 1.54) is 24.8 Å². The third kappa shape index (κ3) is 4.51. The number of thiazole rings is 1. The summed E-state index contributed by atoms with van der Waals surface area (Å²) >= 11 is 7.73. The standard InChI is InChI=1S/C19H24ClN5S.HI/c20-16-4-2-15(3-5-16)19(6-1-7-19)14-23-17(21)24-9-11-25(12-10-24)18-22-8-13-26-18;/h2-5,8,13H,1,6-7,9-12,14H2,(H2,21,23);1H. The Morgan fingerprint density at radius 3 is 2.44 bits per heavy atom. The highest BCUT2D eigenvalue weighted by Crippen LogP contribution is 2.44. The molecule has 8 heteroatoms. The van der Waals surface area contributed by atoms with Crippen LogP contribution >= 0.6 is 46.9 Å². The van der Waals surface area contributed by atoms with Gasteiger partial charge >= 0.3 is 0 Å². The van der Waals surface area contributed by atoms with Crippen molar-refractivity contribution in [3.05, 3.63) is 46.4 Å². The third-order valence-electron chi connectivity index (χ3n) is 5.60. The monoisotopic (exact) mass is 517 g/mol. The van der Waals surface area contributed by atoms with Gasteiger partial charge in [-0.05, 0) is 30.5 Å². The molecule has 0 bridgehead atoms. The molecule has 4 rings (SSSR count). The number of hydrogen-bond acceptors (Lipinski definition) is 4. The van der Waals surface area contributed by atoms with Crippen LogP contribution in [0.2, 0.25) is 5.02 Å². The lowest BCUT2D eigenvalue weighted by atomic mass is 9.64. The molecule has 5 nitrogen and oxygen atoms in total. The van der Waals surface area contributed by atoms with Crippen LogP contribution in [0.15, 0.2) is 40.8 Å². The van der Waals surface area contributed by atoms with Gasteiger partial charge in [0.15, 0.2) is 11.1 Å². The topological polar surface area (TPSA) is 57.8 Å². The Morgan fingerprint density at radius 1 is 1.19 bits per heavy atom. The number of hydrogen-bond donors (Lipinski definition) is 1. The number of rotatable bonds is 4. The molecule has 1 aliphatic heterocycles. The van der Waals surface area contributed by atoms with Crippen molar-refractivity contribution in [2.45, 2.75) is 24.7 Å². The van der Waals surface area contributed by atoms with Gasteiger partial charge in [-0.25, -0.2) is 4.98 Å². The van der Waals surface area contributed by atoms with Crippen LogP contribution in [-0.4, -0.2) is 48.6 Å². The lowest BCUT2D eigenvalue weighted by Gasteiger charge is -2.42. The average Bonchev–Trinajstić information content (AvgIpc) is 3.17. The zero-order valence-corrected chi connectivity index (χ0v) is 19.1. The molecule has 1 aromatic heterocycles. The molecule has 1 saturated carbocycles. The van der Waals surface area contributed by atoms with Gasteiger partial charge in [-0.1, -0.05) is 30.2 Å².